The second-order valence-electron chi connectivity index (χ2n) is 6.30. The van der Waals surface area contributed by atoms with Gasteiger partial charge in [-0.1, -0.05) is 30.2 Å². The third-order valence-electron chi connectivity index (χ3n) is 4.92. The zero-order chi connectivity index (χ0) is 16.4. The van der Waals surface area contributed by atoms with E-state index in [1.807, 2.05) is 12.1 Å². The van der Waals surface area contributed by atoms with Gasteiger partial charge in [-0.2, -0.15) is 0 Å². The van der Waals surface area contributed by atoms with Gasteiger partial charge >= 0.3 is 5.97 Å². The minimum absolute atomic E-state index is 0.0165. The Morgan fingerprint density at radius 3 is 2.52 bits per heavy atom. The molecule has 6 heteroatoms. The van der Waals surface area contributed by atoms with Crippen LogP contribution in [0.5, 0.6) is 0 Å². The predicted molar refractivity (Wildman–Crippen MR) is 85.5 cm³/mol. The maximum Gasteiger partial charge on any atom is 0.310 e. The number of carboxylic acids is 1. The zero-order valence-electron chi connectivity index (χ0n) is 12.8. The molecule has 1 saturated heterocycles. The van der Waals surface area contributed by atoms with Crippen LogP contribution in [0.1, 0.15) is 24.8 Å². The number of benzene rings is 1. The lowest BCUT2D eigenvalue weighted by molar-refractivity contribution is -0.146. The van der Waals surface area contributed by atoms with Crippen molar-refractivity contribution in [1.29, 1.82) is 0 Å². The van der Waals surface area contributed by atoms with Crippen molar-refractivity contribution in [2.75, 3.05) is 26.3 Å². The summed E-state index contributed by atoms with van der Waals surface area (Å²) in [5, 5.41) is 9.90. The molecule has 0 bridgehead atoms. The predicted octanol–water partition coefficient (Wildman–Crippen LogP) is 2.32. The standard InChI is InChI=1S/C17H20ClNO4/c18-14-4-2-13(3-5-14)17(6-1-7-17)16(22)19-8-9-23-11-12(10-19)15(20)21/h2-5,12H,1,6-11H2,(H,20,21). The molecule has 1 atom stereocenters. The fourth-order valence-corrected chi connectivity index (χ4v) is 3.50. The first-order valence-electron chi connectivity index (χ1n) is 7.89. The van der Waals surface area contributed by atoms with E-state index >= 15 is 0 Å². The van der Waals surface area contributed by atoms with Gasteiger partial charge < -0.3 is 14.7 Å². The molecule has 23 heavy (non-hydrogen) atoms. The van der Waals surface area contributed by atoms with Crippen LogP contribution in [0.15, 0.2) is 24.3 Å². The van der Waals surface area contributed by atoms with Crippen LogP contribution in [0.25, 0.3) is 0 Å². The number of hydrogen-bond donors (Lipinski definition) is 1. The van der Waals surface area contributed by atoms with Gasteiger partial charge in [-0.15, -0.1) is 0 Å². The van der Waals surface area contributed by atoms with E-state index in [9.17, 15) is 14.7 Å². The molecular weight excluding hydrogens is 318 g/mol. The van der Waals surface area contributed by atoms with Crippen LogP contribution in [0.3, 0.4) is 0 Å². The Labute approximate surface area is 140 Å². The van der Waals surface area contributed by atoms with Crippen molar-refractivity contribution in [1.82, 2.24) is 4.90 Å². The van der Waals surface area contributed by atoms with Crippen molar-refractivity contribution in [2.45, 2.75) is 24.7 Å². The van der Waals surface area contributed by atoms with Gasteiger partial charge in [0.2, 0.25) is 5.91 Å². The van der Waals surface area contributed by atoms with Crippen LogP contribution in [0.2, 0.25) is 5.02 Å². The minimum Gasteiger partial charge on any atom is -0.481 e. The Bertz CT molecular complexity index is 597. The third kappa shape index (κ3) is 3.08. The Morgan fingerprint density at radius 2 is 1.96 bits per heavy atom. The number of halogens is 1. The Hall–Kier alpha value is -1.59. The number of amides is 1. The van der Waals surface area contributed by atoms with Gasteiger partial charge in [-0.05, 0) is 30.5 Å². The Morgan fingerprint density at radius 1 is 1.26 bits per heavy atom. The lowest BCUT2D eigenvalue weighted by Gasteiger charge is -2.44. The largest absolute Gasteiger partial charge is 0.481 e. The highest BCUT2D eigenvalue weighted by molar-refractivity contribution is 6.30. The molecule has 0 spiro atoms. The number of rotatable bonds is 3. The molecule has 1 unspecified atom stereocenters. The summed E-state index contributed by atoms with van der Waals surface area (Å²) in [5.74, 6) is -1.56. The summed E-state index contributed by atoms with van der Waals surface area (Å²) >= 11 is 5.95. The third-order valence-corrected chi connectivity index (χ3v) is 5.17. The van der Waals surface area contributed by atoms with Crippen molar-refractivity contribution in [2.24, 2.45) is 5.92 Å². The second-order valence-corrected chi connectivity index (χ2v) is 6.74. The molecule has 1 saturated carbocycles. The molecule has 1 N–H and O–H groups in total. The molecular formula is C17H20ClNO4. The zero-order valence-corrected chi connectivity index (χ0v) is 13.6. The summed E-state index contributed by atoms with van der Waals surface area (Å²) in [6.07, 6.45) is 2.59. The average Bonchev–Trinajstić information content (AvgIpc) is 2.74. The van der Waals surface area contributed by atoms with E-state index in [0.717, 1.165) is 24.8 Å². The number of carboxylic acid groups (broad SMARTS) is 1. The molecule has 2 aliphatic rings. The average molecular weight is 338 g/mol. The first kappa shape index (κ1) is 16.3. The molecule has 1 amide bonds. The Kier molecular flexibility index (Phi) is 4.60. The molecule has 2 fully saturated rings. The van der Waals surface area contributed by atoms with Crippen LogP contribution in [-0.4, -0.2) is 48.2 Å². The van der Waals surface area contributed by atoms with Crippen molar-refractivity contribution < 1.29 is 19.4 Å². The molecule has 5 nitrogen and oxygen atoms in total. The highest BCUT2D eigenvalue weighted by atomic mass is 35.5. The fourth-order valence-electron chi connectivity index (χ4n) is 3.37. The summed E-state index contributed by atoms with van der Waals surface area (Å²) in [5.41, 5.74) is 0.438. The maximum atomic E-state index is 13.2. The van der Waals surface area contributed by atoms with Gasteiger partial charge in [0.15, 0.2) is 0 Å². The highest BCUT2D eigenvalue weighted by Gasteiger charge is 2.48. The summed E-state index contributed by atoms with van der Waals surface area (Å²) < 4.78 is 5.34. The van der Waals surface area contributed by atoms with Crippen molar-refractivity contribution >= 4 is 23.5 Å². The van der Waals surface area contributed by atoms with Gasteiger partial charge in [0.1, 0.15) is 0 Å². The summed E-state index contributed by atoms with van der Waals surface area (Å²) in [6, 6.07) is 7.41. The molecule has 1 aromatic carbocycles. The molecule has 0 aromatic heterocycles. The van der Waals surface area contributed by atoms with E-state index in [-0.39, 0.29) is 19.1 Å². The number of hydrogen-bond acceptors (Lipinski definition) is 3. The van der Waals surface area contributed by atoms with Crippen LogP contribution in [0.4, 0.5) is 0 Å². The van der Waals surface area contributed by atoms with Crippen LogP contribution in [0, 0.1) is 5.92 Å². The first-order chi connectivity index (χ1) is 11.0. The quantitative estimate of drug-likeness (QED) is 0.919. The van der Waals surface area contributed by atoms with E-state index in [1.54, 1.807) is 17.0 Å². The van der Waals surface area contributed by atoms with Gasteiger partial charge in [0, 0.05) is 18.1 Å². The van der Waals surface area contributed by atoms with Gasteiger partial charge in [0.05, 0.1) is 24.5 Å². The van der Waals surface area contributed by atoms with Crippen LogP contribution < -0.4 is 0 Å². The topological polar surface area (TPSA) is 66.8 Å². The number of carbonyl (C=O) groups excluding carboxylic acids is 1. The number of aliphatic carboxylic acids is 1. The van der Waals surface area contributed by atoms with E-state index in [0.29, 0.717) is 18.2 Å². The SMILES string of the molecule is O=C(O)C1COCCN(C(=O)C2(c3ccc(Cl)cc3)CCC2)C1. The fraction of sp³-hybridized carbons (Fsp3) is 0.529. The molecule has 1 aromatic rings. The molecule has 0 radical (unpaired) electrons. The van der Waals surface area contributed by atoms with Crippen molar-refractivity contribution in [3.63, 3.8) is 0 Å². The molecule has 124 valence electrons. The number of carbonyl (C=O) groups is 2. The minimum atomic E-state index is -0.918. The summed E-state index contributed by atoms with van der Waals surface area (Å²) in [7, 11) is 0. The summed E-state index contributed by atoms with van der Waals surface area (Å²) in [4.78, 5) is 26.1. The van der Waals surface area contributed by atoms with Crippen LogP contribution >= 0.6 is 11.6 Å². The van der Waals surface area contributed by atoms with E-state index < -0.39 is 17.3 Å². The van der Waals surface area contributed by atoms with E-state index in [2.05, 4.69) is 0 Å². The maximum absolute atomic E-state index is 13.2. The van der Waals surface area contributed by atoms with Crippen LogP contribution in [-0.2, 0) is 19.7 Å². The van der Waals surface area contributed by atoms with Crippen molar-refractivity contribution in [3.8, 4) is 0 Å². The lowest BCUT2D eigenvalue weighted by Crippen LogP contribution is -2.52. The second kappa shape index (κ2) is 6.49. The number of nitrogens with zero attached hydrogens (tertiary/aromatic N) is 1. The van der Waals surface area contributed by atoms with E-state index in [4.69, 9.17) is 16.3 Å². The summed E-state index contributed by atoms with van der Waals surface area (Å²) in [6.45, 7) is 1.20. The van der Waals surface area contributed by atoms with Gasteiger partial charge in [0.25, 0.3) is 0 Å². The van der Waals surface area contributed by atoms with E-state index in [1.165, 1.54) is 0 Å². The Balaban J connectivity index is 1.84. The van der Waals surface area contributed by atoms with Gasteiger partial charge in [-0.25, -0.2) is 0 Å². The molecule has 1 aliphatic heterocycles. The molecule has 1 heterocycles. The first-order valence-corrected chi connectivity index (χ1v) is 8.27. The smallest absolute Gasteiger partial charge is 0.310 e. The monoisotopic (exact) mass is 337 g/mol. The molecule has 3 rings (SSSR count). The van der Waals surface area contributed by atoms with Gasteiger partial charge in [-0.3, -0.25) is 9.59 Å². The normalized spacial score (nSPS) is 23.7. The highest BCUT2D eigenvalue weighted by Crippen LogP contribution is 2.45. The van der Waals surface area contributed by atoms with Crippen molar-refractivity contribution in [3.05, 3.63) is 34.9 Å². The number of ether oxygens (including phenoxy) is 1. The lowest BCUT2D eigenvalue weighted by atomic mass is 9.63. The molecule has 1 aliphatic carbocycles.